The number of nitrogens with zero attached hydrogens (tertiary/aromatic N) is 1. The molecule has 3 nitrogen and oxygen atoms in total. The zero-order valence-electron chi connectivity index (χ0n) is 8.49. The van der Waals surface area contributed by atoms with E-state index >= 15 is 0 Å². The van der Waals surface area contributed by atoms with Crippen LogP contribution < -0.4 is 0 Å². The molecule has 0 saturated carbocycles. The Hall–Kier alpha value is -0.450. The van der Waals surface area contributed by atoms with E-state index in [2.05, 4.69) is 20.9 Å². The molecule has 0 amide bonds. The lowest BCUT2D eigenvalue weighted by molar-refractivity contribution is 0.0105. The van der Waals surface area contributed by atoms with Crippen LogP contribution in [0.25, 0.3) is 0 Å². The SMILES string of the molecule is Brc1cncc(COCC2CCCO2)c1. The maximum absolute atomic E-state index is 5.57. The summed E-state index contributed by atoms with van der Waals surface area (Å²) >= 11 is 3.38. The number of halogens is 1. The summed E-state index contributed by atoms with van der Waals surface area (Å²) in [6.45, 7) is 2.17. The Morgan fingerprint density at radius 2 is 2.47 bits per heavy atom. The quantitative estimate of drug-likeness (QED) is 0.844. The highest BCUT2D eigenvalue weighted by molar-refractivity contribution is 9.10. The summed E-state index contributed by atoms with van der Waals surface area (Å²) in [5.41, 5.74) is 1.09. The maximum Gasteiger partial charge on any atom is 0.0809 e. The van der Waals surface area contributed by atoms with Crippen molar-refractivity contribution < 1.29 is 9.47 Å². The van der Waals surface area contributed by atoms with Crippen LogP contribution in [0.4, 0.5) is 0 Å². The first-order valence-electron chi connectivity index (χ1n) is 5.13. The first-order chi connectivity index (χ1) is 7.34. The summed E-state index contributed by atoms with van der Waals surface area (Å²) in [6.07, 6.45) is 6.16. The van der Waals surface area contributed by atoms with Crippen molar-refractivity contribution in [3.05, 3.63) is 28.5 Å². The van der Waals surface area contributed by atoms with Crippen LogP contribution in [0.2, 0.25) is 0 Å². The van der Waals surface area contributed by atoms with E-state index in [1.165, 1.54) is 0 Å². The lowest BCUT2D eigenvalue weighted by Crippen LogP contribution is -2.13. The van der Waals surface area contributed by atoms with Gasteiger partial charge in [-0.2, -0.15) is 0 Å². The number of pyridine rings is 1. The van der Waals surface area contributed by atoms with E-state index < -0.39 is 0 Å². The Morgan fingerprint density at radius 3 is 3.20 bits per heavy atom. The molecule has 2 heterocycles. The predicted molar refractivity (Wildman–Crippen MR) is 60.6 cm³/mol. The van der Waals surface area contributed by atoms with Gasteiger partial charge < -0.3 is 9.47 Å². The van der Waals surface area contributed by atoms with Gasteiger partial charge in [0, 0.05) is 23.5 Å². The molecule has 15 heavy (non-hydrogen) atoms. The smallest absolute Gasteiger partial charge is 0.0809 e. The van der Waals surface area contributed by atoms with E-state index in [1.807, 2.05) is 12.3 Å². The van der Waals surface area contributed by atoms with Crippen LogP contribution in [-0.2, 0) is 16.1 Å². The summed E-state index contributed by atoms with van der Waals surface area (Å²) in [7, 11) is 0. The summed E-state index contributed by atoms with van der Waals surface area (Å²) in [5.74, 6) is 0. The molecule has 1 aromatic heterocycles. The third kappa shape index (κ3) is 3.55. The third-order valence-corrected chi connectivity index (χ3v) is 2.79. The molecule has 1 saturated heterocycles. The molecule has 1 aromatic rings. The van der Waals surface area contributed by atoms with E-state index in [9.17, 15) is 0 Å². The fraction of sp³-hybridized carbons (Fsp3) is 0.545. The van der Waals surface area contributed by atoms with Crippen LogP contribution >= 0.6 is 15.9 Å². The van der Waals surface area contributed by atoms with Gasteiger partial charge in [-0.25, -0.2) is 0 Å². The molecule has 1 aliphatic rings. The molecule has 0 bridgehead atoms. The van der Waals surface area contributed by atoms with Crippen molar-refractivity contribution >= 4 is 15.9 Å². The molecule has 2 rings (SSSR count). The molecule has 0 spiro atoms. The van der Waals surface area contributed by atoms with Crippen molar-refractivity contribution in [2.24, 2.45) is 0 Å². The molecule has 1 unspecified atom stereocenters. The van der Waals surface area contributed by atoms with Gasteiger partial charge in [-0.15, -0.1) is 0 Å². The molecule has 0 radical (unpaired) electrons. The second-order valence-corrected chi connectivity index (χ2v) is 4.58. The Kier molecular flexibility index (Phi) is 4.11. The number of hydrogen-bond acceptors (Lipinski definition) is 3. The molecule has 4 heteroatoms. The average molecular weight is 272 g/mol. The maximum atomic E-state index is 5.57. The van der Waals surface area contributed by atoms with E-state index in [4.69, 9.17) is 9.47 Å². The van der Waals surface area contributed by atoms with Gasteiger partial charge in [0.15, 0.2) is 0 Å². The number of ether oxygens (including phenoxy) is 2. The van der Waals surface area contributed by atoms with Crippen LogP contribution in [0, 0.1) is 0 Å². The normalized spacial score (nSPS) is 20.7. The topological polar surface area (TPSA) is 31.4 Å². The van der Waals surface area contributed by atoms with Gasteiger partial charge in [-0.1, -0.05) is 0 Å². The summed E-state index contributed by atoms with van der Waals surface area (Å²) in [6, 6.07) is 2.02. The minimum atomic E-state index is 0.296. The van der Waals surface area contributed by atoms with Crippen molar-refractivity contribution in [3.63, 3.8) is 0 Å². The van der Waals surface area contributed by atoms with E-state index in [1.54, 1.807) is 6.20 Å². The minimum Gasteiger partial charge on any atom is -0.376 e. The van der Waals surface area contributed by atoms with Crippen LogP contribution in [0.15, 0.2) is 22.9 Å². The molecular weight excluding hydrogens is 258 g/mol. The van der Waals surface area contributed by atoms with Gasteiger partial charge >= 0.3 is 0 Å². The Morgan fingerprint density at radius 1 is 1.53 bits per heavy atom. The van der Waals surface area contributed by atoms with E-state index in [0.717, 1.165) is 29.5 Å². The van der Waals surface area contributed by atoms with Gasteiger partial charge in [-0.3, -0.25) is 4.98 Å². The Bertz CT molecular complexity index is 313. The van der Waals surface area contributed by atoms with Crippen molar-refractivity contribution in [1.82, 2.24) is 4.98 Å². The zero-order chi connectivity index (χ0) is 10.5. The van der Waals surface area contributed by atoms with E-state index in [-0.39, 0.29) is 0 Å². The fourth-order valence-corrected chi connectivity index (χ4v) is 2.03. The van der Waals surface area contributed by atoms with Gasteiger partial charge in [-0.05, 0) is 40.4 Å². The van der Waals surface area contributed by atoms with Crippen molar-refractivity contribution in [2.75, 3.05) is 13.2 Å². The lowest BCUT2D eigenvalue weighted by Gasteiger charge is -2.09. The Labute approximate surface area is 97.9 Å². The summed E-state index contributed by atoms with van der Waals surface area (Å²) in [4.78, 5) is 4.08. The molecule has 0 aromatic carbocycles. The highest BCUT2D eigenvalue weighted by Crippen LogP contribution is 2.14. The summed E-state index contributed by atoms with van der Waals surface area (Å²) in [5, 5.41) is 0. The summed E-state index contributed by atoms with van der Waals surface area (Å²) < 4.78 is 12.0. The Balaban J connectivity index is 1.73. The average Bonchev–Trinajstić information content (AvgIpc) is 2.71. The van der Waals surface area contributed by atoms with Crippen LogP contribution in [0.1, 0.15) is 18.4 Å². The van der Waals surface area contributed by atoms with Crippen LogP contribution in [-0.4, -0.2) is 24.3 Å². The fourth-order valence-electron chi connectivity index (χ4n) is 1.62. The molecule has 82 valence electrons. The first kappa shape index (κ1) is 11.0. The van der Waals surface area contributed by atoms with Gasteiger partial charge in [0.05, 0.1) is 19.3 Å². The largest absolute Gasteiger partial charge is 0.376 e. The molecule has 1 fully saturated rings. The van der Waals surface area contributed by atoms with E-state index in [0.29, 0.717) is 19.3 Å². The van der Waals surface area contributed by atoms with Crippen molar-refractivity contribution in [2.45, 2.75) is 25.6 Å². The number of rotatable bonds is 4. The number of aromatic nitrogens is 1. The third-order valence-electron chi connectivity index (χ3n) is 2.36. The van der Waals surface area contributed by atoms with Crippen molar-refractivity contribution in [3.8, 4) is 0 Å². The standard InChI is InChI=1S/C11H14BrNO2/c12-10-4-9(5-13-6-10)7-14-8-11-2-1-3-15-11/h4-6,11H,1-3,7-8H2. The second-order valence-electron chi connectivity index (χ2n) is 3.66. The predicted octanol–water partition coefficient (Wildman–Crippen LogP) is 2.54. The van der Waals surface area contributed by atoms with Crippen LogP contribution in [0.3, 0.4) is 0 Å². The second kappa shape index (κ2) is 5.58. The monoisotopic (exact) mass is 271 g/mol. The highest BCUT2D eigenvalue weighted by Gasteiger charge is 2.15. The van der Waals surface area contributed by atoms with Gasteiger partial charge in [0.25, 0.3) is 0 Å². The highest BCUT2D eigenvalue weighted by atomic mass is 79.9. The van der Waals surface area contributed by atoms with Gasteiger partial charge in [0.1, 0.15) is 0 Å². The molecule has 1 aliphatic heterocycles. The molecule has 1 atom stereocenters. The lowest BCUT2D eigenvalue weighted by atomic mass is 10.2. The molecule has 0 aliphatic carbocycles. The van der Waals surface area contributed by atoms with Gasteiger partial charge in [0.2, 0.25) is 0 Å². The van der Waals surface area contributed by atoms with Crippen LogP contribution in [0.5, 0.6) is 0 Å². The zero-order valence-corrected chi connectivity index (χ0v) is 10.1. The first-order valence-corrected chi connectivity index (χ1v) is 5.92. The van der Waals surface area contributed by atoms with Crippen molar-refractivity contribution in [1.29, 1.82) is 0 Å². The minimum absolute atomic E-state index is 0.296. The number of hydrogen-bond donors (Lipinski definition) is 0. The molecule has 0 N–H and O–H groups in total. The molecular formula is C11H14BrNO2.